The van der Waals surface area contributed by atoms with Crippen LogP contribution in [-0.4, -0.2) is 19.3 Å². The number of nitrogens with one attached hydrogen (secondary N) is 1. The first-order chi connectivity index (χ1) is 14.6. The van der Waals surface area contributed by atoms with Crippen molar-refractivity contribution in [1.82, 2.24) is 5.32 Å². The number of fused-ring (bicyclic) bond motifs is 1. The normalized spacial score (nSPS) is 27.6. The van der Waals surface area contributed by atoms with Crippen molar-refractivity contribution in [2.24, 2.45) is 5.92 Å². The zero-order chi connectivity index (χ0) is 20.6. The fourth-order valence-corrected chi connectivity index (χ4v) is 5.80. The van der Waals surface area contributed by atoms with Gasteiger partial charge in [-0.3, -0.25) is 0 Å². The molecule has 1 spiro atoms. The SMILES string of the molecule is C=C1N[C@@]2(CC[C@H](c3ccc4c(c3)CC[C@@H](CCc3cccc(OC)c3)C4)C2)CO1. The fraction of sp³-hybridized carbons (Fsp3) is 0.481. The first-order valence-electron chi connectivity index (χ1n) is 11.5. The van der Waals surface area contributed by atoms with Crippen molar-refractivity contribution < 1.29 is 9.47 Å². The molecule has 0 amide bonds. The summed E-state index contributed by atoms with van der Waals surface area (Å²) in [5, 5.41) is 3.51. The Balaban J connectivity index is 1.20. The maximum absolute atomic E-state index is 5.63. The minimum absolute atomic E-state index is 0.128. The second-order valence-electron chi connectivity index (χ2n) is 9.58. The highest BCUT2D eigenvalue weighted by Crippen LogP contribution is 2.44. The summed E-state index contributed by atoms with van der Waals surface area (Å²) in [4.78, 5) is 0. The zero-order valence-electron chi connectivity index (χ0n) is 18.1. The molecule has 2 aromatic carbocycles. The van der Waals surface area contributed by atoms with Crippen LogP contribution in [0, 0.1) is 5.92 Å². The van der Waals surface area contributed by atoms with E-state index in [2.05, 4.69) is 48.3 Å². The second kappa shape index (κ2) is 8.02. The van der Waals surface area contributed by atoms with Crippen LogP contribution in [0.15, 0.2) is 54.9 Å². The third kappa shape index (κ3) is 3.95. The molecular formula is C27H33NO2. The van der Waals surface area contributed by atoms with Crippen molar-refractivity contribution >= 4 is 0 Å². The topological polar surface area (TPSA) is 30.5 Å². The molecule has 2 fully saturated rings. The van der Waals surface area contributed by atoms with Crippen molar-refractivity contribution in [3.8, 4) is 5.75 Å². The third-order valence-electron chi connectivity index (χ3n) is 7.54. The summed E-state index contributed by atoms with van der Waals surface area (Å²) in [5.41, 5.74) is 6.20. The van der Waals surface area contributed by atoms with Crippen LogP contribution >= 0.6 is 0 Å². The molecule has 1 N–H and O–H groups in total. The zero-order valence-corrected chi connectivity index (χ0v) is 18.1. The monoisotopic (exact) mass is 403 g/mol. The van der Waals surface area contributed by atoms with Crippen LogP contribution in [0.3, 0.4) is 0 Å². The van der Waals surface area contributed by atoms with Gasteiger partial charge in [-0.15, -0.1) is 0 Å². The second-order valence-corrected chi connectivity index (χ2v) is 9.58. The van der Waals surface area contributed by atoms with Gasteiger partial charge >= 0.3 is 0 Å². The molecule has 1 saturated carbocycles. The lowest BCUT2D eigenvalue weighted by molar-refractivity contribution is 0.225. The number of benzene rings is 2. The standard InChI is InChI=1S/C27H33NO2/c1-19-28-27(18-30-19)13-12-25(17-27)24-11-10-22-14-21(8-9-23(22)16-24)7-6-20-4-3-5-26(15-20)29-2/h3-5,10-11,15-16,21,25,28H,1,6-9,12-14,17-18H2,2H3/t21-,25+,27-/m1/s1. The van der Waals surface area contributed by atoms with E-state index in [-0.39, 0.29) is 5.54 Å². The van der Waals surface area contributed by atoms with E-state index in [0.717, 1.165) is 37.0 Å². The van der Waals surface area contributed by atoms with Crippen LogP contribution in [-0.2, 0) is 24.0 Å². The Morgan fingerprint density at radius 2 is 2.10 bits per heavy atom. The molecule has 3 atom stereocenters. The smallest absolute Gasteiger partial charge is 0.179 e. The lowest BCUT2D eigenvalue weighted by atomic mass is 9.79. The van der Waals surface area contributed by atoms with E-state index in [1.165, 1.54) is 49.7 Å². The molecule has 1 heterocycles. The molecule has 1 aliphatic heterocycles. The molecule has 2 aromatic rings. The highest BCUT2D eigenvalue weighted by molar-refractivity contribution is 5.37. The highest BCUT2D eigenvalue weighted by Gasteiger charge is 2.44. The number of rotatable bonds is 5. The van der Waals surface area contributed by atoms with Crippen molar-refractivity contribution in [3.05, 3.63) is 77.2 Å². The quantitative estimate of drug-likeness (QED) is 0.712. The summed E-state index contributed by atoms with van der Waals surface area (Å²) in [6, 6.07) is 15.9. The van der Waals surface area contributed by atoms with Crippen molar-refractivity contribution in [1.29, 1.82) is 0 Å². The minimum atomic E-state index is 0.128. The van der Waals surface area contributed by atoms with E-state index in [1.807, 2.05) is 6.07 Å². The van der Waals surface area contributed by atoms with E-state index in [0.29, 0.717) is 5.92 Å². The van der Waals surface area contributed by atoms with Gasteiger partial charge in [0.15, 0.2) is 5.88 Å². The average molecular weight is 404 g/mol. The summed E-state index contributed by atoms with van der Waals surface area (Å²) in [7, 11) is 1.74. The number of hydrogen-bond donors (Lipinski definition) is 1. The third-order valence-corrected chi connectivity index (χ3v) is 7.54. The summed E-state index contributed by atoms with van der Waals surface area (Å²) >= 11 is 0. The largest absolute Gasteiger partial charge is 0.497 e. The first kappa shape index (κ1) is 19.5. The Bertz CT molecular complexity index is 936. The van der Waals surface area contributed by atoms with Gasteiger partial charge in [0.25, 0.3) is 0 Å². The van der Waals surface area contributed by atoms with E-state index in [4.69, 9.17) is 9.47 Å². The van der Waals surface area contributed by atoms with Gasteiger partial charge in [0.1, 0.15) is 12.4 Å². The maximum Gasteiger partial charge on any atom is 0.179 e. The highest BCUT2D eigenvalue weighted by atomic mass is 16.5. The Labute approximate surface area is 180 Å². The Kier molecular flexibility index (Phi) is 5.22. The van der Waals surface area contributed by atoms with Crippen LogP contribution in [0.25, 0.3) is 0 Å². The van der Waals surface area contributed by atoms with Crippen LogP contribution in [0.4, 0.5) is 0 Å². The molecule has 1 saturated heterocycles. The molecule has 3 nitrogen and oxygen atoms in total. The van der Waals surface area contributed by atoms with Crippen LogP contribution in [0.5, 0.6) is 5.75 Å². The minimum Gasteiger partial charge on any atom is -0.497 e. The van der Waals surface area contributed by atoms with E-state index < -0.39 is 0 Å². The van der Waals surface area contributed by atoms with Crippen molar-refractivity contribution in [2.45, 2.75) is 62.8 Å². The molecule has 0 radical (unpaired) electrons. The van der Waals surface area contributed by atoms with E-state index in [9.17, 15) is 0 Å². The molecule has 3 aliphatic rings. The lowest BCUT2D eigenvalue weighted by Crippen LogP contribution is -2.38. The summed E-state index contributed by atoms with van der Waals surface area (Å²) in [6.07, 6.45) is 9.74. The van der Waals surface area contributed by atoms with Gasteiger partial charge in [-0.05, 0) is 104 Å². The Hall–Kier alpha value is -2.42. The lowest BCUT2D eigenvalue weighted by Gasteiger charge is -2.26. The van der Waals surface area contributed by atoms with Crippen LogP contribution in [0.1, 0.15) is 60.3 Å². The average Bonchev–Trinajstić information content (AvgIpc) is 3.37. The molecule has 0 aromatic heterocycles. The summed E-state index contributed by atoms with van der Waals surface area (Å²) in [5.74, 6) is 3.14. The first-order valence-corrected chi connectivity index (χ1v) is 11.5. The van der Waals surface area contributed by atoms with Gasteiger partial charge in [-0.2, -0.15) is 0 Å². The van der Waals surface area contributed by atoms with Gasteiger partial charge < -0.3 is 14.8 Å². The predicted octanol–water partition coefficient (Wildman–Crippen LogP) is 5.53. The van der Waals surface area contributed by atoms with E-state index in [1.54, 1.807) is 18.2 Å². The predicted molar refractivity (Wildman–Crippen MR) is 121 cm³/mol. The summed E-state index contributed by atoms with van der Waals surface area (Å²) < 4.78 is 11.0. The molecule has 30 heavy (non-hydrogen) atoms. The van der Waals surface area contributed by atoms with Gasteiger partial charge in [0, 0.05) is 0 Å². The van der Waals surface area contributed by atoms with Gasteiger partial charge in [-0.1, -0.05) is 30.3 Å². The van der Waals surface area contributed by atoms with Crippen molar-refractivity contribution in [2.75, 3.05) is 13.7 Å². The maximum atomic E-state index is 5.63. The molecular weight excluding hydrogens is 370 g/mol. The van der Waals surface area contributed by atoms with Crippen LogP contribution < -0.4 is 10.1 Å². The fourth-order valence-electron chi connectivity index (χ4n) is 5.80. The number of hydrogen-bond acceptors (Lipinski definition) is 3. The molecule has 0 unspecified atom stereocenters. The van der Waals surface area contributed by atoms with Gasteiger partial charge in [0.05, 0.1) is 12.6 Å². The molecule has 2 aliphatic carbocycles. The Morgan fingerprint density at radius 3 is 2.93 bits per heavy atom. The molecule has 5 rings (SSSR count). The van der Waals surface area contributed by atoms with Gasteiger partial charge in [-0.25, -0.2) is 0 Å². The van der Waals surface area contributed by atoms with Crippen LogP contribution in [0.2, 0.25) is 0 Å². The summed E-state index contributed by atoms with van der Waals surface area (Å²) in [6.45, 7) is 4.72. The molecule has 158 valence electrons. The van der Waals surface area contributed by atoms with Gasteiger partial charge in [0.2, 0.25) is 0 Å². The van der Waals surface area contributed by atoms with E-state index >= 15 is 0 Å². The van der Waals surface area contributed by atoms with Crippen molar-refractivity contribution in [3.63, 3.8) is 0 Å². The Morgan fingerprint density at radius 1 is 1.17 bits per heavy atom. The number of aryl methyl sites for hydroxylation is 2. The molecule has 3 heteroatoms. The number of methoxy groups -OCH3 is 1. The number of ether oxygens (including phenoxy) is 2. The molecule has 0 bridgehead atoms.